The van der Waals surface area contributed by atoms with E-state index in [1.165, 1.54) is 0 Å². The molecule has 108 valence electrons. The minimum Gasteiger partial charge on any atom is -0.394 e. The number of benzene rings is 1. The molecule has 2 rings (SSSR count). The number of hydrogen-bond acceptors (Lipinski definition) is 5. The topological polar surface area (TPSA) is 84.1 Å². The summed E-state index contributed by atoms with van der Waals surface area (Å²) in [7, 11) is 0. The van der Waals surface area contributed by atoms with Crippen molar-refractivity contribution in [2.24, 2.45) is 0 Å². The number of nitrogens with two attached hydrogens (primary N) is 1. The quantitative estimate of drug-likeness (QED) is 0.753. The molecular weight excluding hydrogens is 252 g/mol. The molecule has 1 heterocycles. The van der Waals surface area contributed by atoms with Crippen LogP contribution in [0.15, 0.2) is 18.2 Å². The van der Waals surface area contributed by atoms with Crippen LogP contribution in [-0.2, 0) is 0 Å². The van der Waals surface area contributed by atoms with Gasteiger partial charge in [-0.25, -0.2) is 4.98 Å². The standard InChI is InChI=1S/C15H22N4O/c1-3-4-7-11(9-20)17-14-12-8-5-6-10(2)13(12)18-15(16)19-14/h5-6,8,11,20H,3-4,7,9H2,1-2H3,(H3,16,17,18,19). The average Bonchev–Trinajstić information content (AvgIpc) is 2.44. The summed E-state index contributed by atoms with van der Waals surface area (Å²) in [5, 5.41) is 13.7. The number of anilines is 2. The number of nitrogens with one attached hydrogen (secondary N) is 1. The molecule has 1 aromatic carbocycles. The van der Waals surface area contributed by atoms with E-state index in [2.05, 4.69) is 22.2 Å². The molecule has 0 aliphatic rings. The maximum Gasteiger partial charge on any atom is 0.222 e. The maximum atomic E-state index is 9.47. The molecule has 1 atom stereocenters. The van der Waals surface area contributed by atoms with E-state index in [0.29, 0.717) is 5.82 Å². The number of aryl methyl sites for hydroxylation is 1. The molecule has 0 saturated carbocycles. The molecule has 0 bridgehead atoms. The Morgan fingerprint density at radius 2 is 2.15 bits per heavy atom. The number of nitrogen functional groups attached to an aromatic ring is 1. The van der Waals surface area contributed by atoms with Crippen molar-refractivity contribution >= 4 is 22.7 Å². The smallest absolute Gasteiger partial charge is 0.222 e. The third-order valence-corrected chi connectivity index (χ3v) is 3.41. The lowest BCUT2D eigenvalue weighted by Crippen LogP contribution is -2.24. The summed E-state index contributed by atoms with van der Waals surface area (Å²) >= 11 is 0. The zero-order valence-electron chi connectivity index (χ0n) is 12.1. The molecule has 4 N–H and O–H groups in total. The first-order chi connectivity index (χ1) is 9.65. The van der Waals surface area contributed by atoms with E-state index in [9.17, 15) is 5.11 Å². The molecule has 5 nitrogen and oxygen atoms in total. The van der Waals surface area contributed by atoms with Crippen molar-refractivity contribution < 1.29 is 5.11 Å². The molecule has 0 fully saturated rings. The summed E-state index contributed by atoms with van der Waals surface area (Å²) in [6.45, 7) is 4.21. The van der Waals surface area contributed by atoms with E-state index in [1.54, 1.807) is 0 Å². The van der Waals surface area contributed by atoms with Gasteiger partial charge >= 0.3 is 0 Å². The zero-order chi connectivity index (χ0) is 14.5. The first-order valence-electron chi connectivity index (χ1n) is 7.06. The number of aromatic nitrogens is 2. The Morgan fingerprint density at radius 3 is 2.85 bits per heavy atom. The van der Waals surface area contributed by atoms with Gasteiger partial charge in [-0.1, -0.05) is 31.9 Å². The summed E-state index contributed by atoms with van der Waals surface area (Å²) in [6.07, 6.45) is 3.07. The van der Waals surface area contributed by atoms with E-state index in [4.69, 9.17) is 5.73 Å². The Bertz CT molecular complexity index is 585. The van der Waals surface area contributed by atoms with Crippen LogP contribution in [0.1, 0.15) is 31.7 Å². The molecule has 0 saturated heterocycles. The van der Waals surface area contributed by atoms with Crippen molar-refractivity contribution in [3.63, 3.8) is 0 Å². The van der Waals surface area contributed by atoms with Gasteiger partial charge in [0.2, 0.25) is 5.95 Å². The van der Waals surface area contributed by atoms with Crippen LogP contribution in [0, 0.1) is 6.92 Å². The molecular formula is C15H22N4O. The molecule has 0 amide bonds. The highest BCUT2D eigenvalue weighted by Gasteiger charge is 2.12. The van der Waals surface area contributed by atoms with Gasteiger partial charge in [0.15, 0.2) is 0 Å². The second-order valence-electron chi connectivity index (χ2n) is 5.07. The fourth-order valence-electron chi connectivity index (χ4n) is 2.28. The lowest BCUT2D eigenvalue weighted by Gasteiger charge is -2.18. The Balaban J connectivity index is 2.35. The van der Waals surface area contributed by atoms with Crippen LogP contribution in [0.3, 0.4) is 0 Å². The Morgan fingerprint density at radius 1 is 1.35 bits per heavy atom. The van der Waals surface area contributed by atoms with Crippen LogP contribution in [0.25, 0.3) is 10.9 Å². The van der Waals surface area contributed by atoms with Crippen LogP contribution >= 0.6 is 0 Å². The fourth-order valence-corrected chi connectivity index (χ4v) is 2.28. The largest absolute Gasteiger partial charge is 0.394 e. The normalized spacial score (nSPS) is 12.6. The van der Waals surface area contributed by atoms with Crippen LogP contribution in [0.5, 0.6) is 0 Å². The van der Waals surface area contributed by atoms with Crippen LogP contribution < -0.4 is 11.1 Å². The molecule has 1 aromatic heterocycles. The summed E-state index contributed by atoms with van der Waals surface area (Å²) in [4.78, 5) is 8.58. The number of hydrogen-bond donors (Lipinski definition) is 3. The van der Waals surface area contributed by atoms with Crippen molar-refractivity contribution in [3.8, 4) is 0 Å². The van der Waals surface area contributed by atoms with Gasteiger partial charge in [0.05, 0.1) is 18.2 Å². The molecule has 0 radical (unpaired) electrons. The Labute approximate surface area is 119 Å². The molecule has 0 aliphatic heterocycles. The monoisotopic (exact) mass is 274 g/mol. The lowest BCUT2D eigenvalue weighted by molar-refractivity contribution is 0.267. The third-order valence-electron chi connectivity index (χ3n) is 3.41. The molecule has 1 unspecified atom stereocenters. The molecule has 0 aliphatic carbocycles. The minimum atomic E-state index is -0.00652. The number of aliphatic hydroxyl groups is 1. The van der Waals surface area contributed by atoms with Crippen LogP contribution in [0.2, 0.25) is 0 Å². The first kappa shape index (κ1) is 14.5. The van der Waals surface area contributed by atoms with E-state index in [0.717, 1.165) is 35.7 Å². The van der Waals surface area contributed by atoms with Gasteiger partial charge in [0, 0.05) is 5.39 Å². The number of aliphatic hydroxyl groups excluding tert-OH is 1. The van der Waals surface area contributed by atoms with Gasteiger partial charge in [0.1, 0.15) is 5.82 Å². The summed E-state index contributed by atoms with van der Waals surface area (Å²) < 4.78 is 0. The highest BCUT2D eigenvalue weighted by molar-refractivity contribution is 5.92. The van der Waals surface area contributed by atoms with E-state index < -0.39 is 0 Å². The van der Waals surface area contributed by atoms with Gasteiger partial charge in [0.25, 0.3) is 0 Å². The fraction of sp³-hybridized carbons (Fsp3) is 0.467. The molecule has 5 heteroatoms. The van der Waals surface area contributed by atoms with E-state index in [1.807, 2.05) is 25.1 Å². The van der Waals surface area contributed by atoms with Gasteiger partial charge in [-0.2, -0.15) is 4.98 Å². The second-order valence-corrected chi connectivity index (χ2v) is 5.07. The predicted octanol–water partition coefficient (Wildman–Crippen LogP) is 2.48. The van der Waals surface area contributed by atoms with Gasteiger partial charge in [-0.3, -0.25) is 0 Å². The van der Waals surface area contributed by atoms with Gasteiger partial charge < -0.3 is 16.2 Å². The highest BCUT2D eigenvalue weighted by atomic mass is 16.3. The summed E-state index contributed by atoms with van der Waals surface area (Å²) in [5.74, 6) is 0.952. The first-order valence-corrected chi connectivity index (χ1v) is 7.06. The van der Waals surface area contributed by atoms with Crippen molar-refractivity contribution in [2.45, 2.75) is 39.2 Å². The van der Waals surface area contributed by atoms with Gasteiger partial charge in [-0.15, -0.1) is 0 Å². The van der Waals surface area contributed by atoms with Crippen molar-refractivity contribution in [1.82, 2.24) is 9.97 Å². The predicted molar refractivity (Wildman–Crippen MR) is 82.7 cm³/mol. The molecule has 20 heavy (non-hydrogen) atoms. The SMILES string of the molecule is CCCCC(CO)Nc1nc(N)nc2c(C)cccc12. The lowest BCUT2D eigenvalue weighted by atomic mass is 10.1. The zero-order valence-corrected chi connectivity index (χ0v) is 12.1. The Hall–Kier alpha value is -1.88. The molecule has 0 spiro atoms. The van der Waals surface area contributed by atoms with Gasteiger partial charge in [-0.05, 0) is 25.0 Å². The number of fused-ring (bicyclic) bond motifs is 1. The summed E-state index contributed by atoms with van der Waals surface area (Å²) in [5.41, 5.74) is 7.71. The maximum absolute atomic E-state index is 9.47. The number of rotatable bonds is 6. The number of para-hydroxylation sites is 1. The van der Waals surface area contributed by atoms with E-state index in [-0.39, 0.29) is 18.6 Å². The summed E-state index contributed by atoms with van der Waals surface area (Å²) in [6, 6.07) is 5.94. The minimum absolute atomic E-state index is 0.00652. The van der Waals surface area contributed by atoms with Crippen molar-refractivity contribution in [3.05, 3.63) is 23.8 Å². The van der Waals surface area contributed by atoms with E-state index >= 15 is 0 Å². The number of nitrogens with zero attached hydrogens (tertiary/aromatic N) is 2. The average molecular weight is 274 g/mol. The van der Waals surface area contributed by atoms with Crippen LogP contribution in [-0.4, -0.2) is 27.7 Å². The van der Waals surface area contributed by atoms with Crippen molar-refractivity contribution in [2.75, 3.05) is 17.7 Å². The highest BCUT2D eigenvalue weighted by Crippen LogP contribution is 2.24. The van der Waals surface area contributed by atoms with Crippen molar-refractivity contribution in [1.29, 1.82) is 0 Å². The third kappa shape index (κ3) is 3.17. The molecule has 2 aromatic rings. The van der Waals surface area contributed by atoms with Crippen LogP contribution in [0.4, 0.5) is 11.8 Å². The number of unbranched alkanes of at least 4 members (excludes halogenated alkanes) is 1. The second kappa shape index (κ2) is 6.52. The Kier molecular flexibility index (Phi) is 4.74.